The zero-order valence-electron chi connectivity index (χ0n) is 10.3. The molecule has 3 rings (SSSR count). The number of halogens is 3. The van der Waals surface area contributed by atoms with E-state index in [9.17, 15) is 13.2 Å². The third-order valence-corrected chi connectivity index (χ3v) is 4.24. The fourth-order valence-electron chi connectivity index (χ4n) is 2.96. The molecule has 1 saturated carbocycles. The molecule has 0 atom stereocenters. The standard InChI is InChI=1S/C14H15F3N2/c15-14(16,17)12-7-9-10(3-1-4-11(9)19-12)13(8-18)5-2-6-13/h1,3-4,7,19H,2,5-6,8,18H2. The third kappa shape index (κ3) is 1.84. The maximum Gasteiger partial charge on any atom is 0.431 e. The van der Waals surface area contributed by atoms with E-state index < -0.39 is 11.9 Å². The number of rotatable bonds is 2. The number of alkyl halides is 3. The quantitative estimate of drug-likeness (QED) is 0.859. The number of hydrogen-bond donors (Lipinski definition) is 2. The van der Waals surface area contributed by atoms with Gasteiger partial charge >= 0.3 is 6.18 Å². The van der Waals surface area contributed by atoms with Crippen LogP contribution >= 0.6 is 0 Å². The van der Waals surface area contributed by atoms with Crippen molar-refractivity contribution < 1.29 is 13.2 Å². The highest BCUT2D eigenvalue weighted by Crippen LogP contribution is 2.46. The van der Waals surface area contributed by atoms with Crippen LogP contribution in [0.25, 0.3) is 10.9 Å². The Hall–Kier alpha value is -1.49. The second-order valence-electron chi connectivity index (χ2n) is 5.29. The lowest BCUT2D eigenvalue weighted by atomic mass is 9.64. The first kappa shape index (κ1) is 12.5. The van der Waals surface area contributed by atoms with Crippen LogP contribution < -0.4 is 5.73 Å². The van der Waals surface area contributed by atoms with E-state index in [1.165, 1.54) is 6.07 Å². The molecule has 102 valence electrons. The van der Waals surface area contributed by atoms with E-state index >= 15 is 0 Å². The molecule has 1 aliphatic rings. The molecule has 0 aliphatic heterocycles. The highest BCUT2D eigenvalue weighted by Gasteiger charge is 2.39. The van der Waals surface area contributed by atoms with E-state index in [0.717, 1.165) is 24.8 Å². The summed E-state index contributed by atoms with van der Waals surface area (Å²) < 4.78 is 38.3. The normalized spacial score (nSPS) is 18.5. The molecule has 5 heteroatoms. The molecule has 1 aromatic carbocycles. The van der Waals surface area contributed by atoms with Crippen molar-refractivity contribution in [2.75, 3.05) is 6.54 Å². The van der Waals surface area contributed by atoms with Crippen LogP contribution in [-0.2, 0) is 11.6 Å². The predicted octanol–water partition coefficient (Wildman–Crippen LogP) is 3.57. The molecular formula is C14H15F3N2. The average molecular weight is 268 g/mol. The van der Waals surface area contributed by atoms with E-state index in [-0.39, 0.29) is 5.41 Å². The Balaban J connectivity index is 2.18. The number of nitrogens with one attached hydrogen (secondary N) is 1. The summed E-state index contributed by atoms with van der Waals surface area (Å²) in [6.45, 7) is 0.485. The Morgan fingerprint density at radius 1 is 1.26 bits per heavy atom. The number of benzene rings is 1. The van der Waals surface area contributed by atoms with E-state index in [4.69, 9.17) is 5.73 Å². The van der Waals surface area contributed by atoms with Gasteiger partial charge in [0.2, 0.25) is 0 Å². The Bertz CT molecular complexity index is 603. The van der Waals surface area contributed by atoms with Crippen molar-refractivity contribution in [2.45, 2.75) is 30.9 Å². The second-order valence-corrected chi connectivity index (χ2v) is 5.29. The molecule has 1 fully saturated rings. The molecule has 0 bridgehead atoms. The molecular weight excluding hydrogens is 253 g/mol. The molecule has 1 aromatic heterocycles. The minimum atomic E-state index is -4.34. The maximum absolute atomic E-state index is 12.8. The van der Waals surface area contributed by atoms with Crippen LogP contribution in [0.3, 0.4) is 0 Å². The summed E-state index contributed by atoms with van der Waals surface area (Å²) >= 11 is 0. The van der Waals surface area contributed by atoms with Gasteiger partial charge in [-0.2, -0.15) is 13.2 Å². The summed E-state index contributed by atoms with van der Waals surface area (Å²) in [4.78, 5) is 2.45. The van der Waals surface area contributed by atoms with Crippen molar-refractivity contribution >= 4 is 10.9 Å². The Morgan fingerprint density at radius 2 is 2.00 bits per heavy atom. The van der Waals surface area contributed by atoms with E-state index in [2.05, 4.69) is 4.98 Å². The summed E-state index contributed by atoms with van der Waals surface area (Å²) in [5.74, 6) is 0. The molecule has 0 saturated heterocycles. The fraction of sp³-hybridized carbons (Fsp3) is 0.429. The molecule has 2 aromatic rings. The zero-order chi connectivity index (χ0) is 13.7. The number of aromatic amines is 1. The predicted molar refractivity (Wildman–Crippen MR) is 67.9 cm³/mol. The van der Waals surface area contributed by atoms with Gasteiger partial charge in [-0.1, -0.05) is 18.6 Å². The number of nitrogens with two attached hydrogens (primary N) is 1. The second kappa shape index (κ2) is 4.00. The van der Waals surface area contributed by atoms with Crippen molar-refractivity contribution in [3.8, 4) is 0 Å². The maximum atomic E-state index is 12.8. The first-order valence-electron chi connectivity index (χ1n) is 6.36. The van der Waals surface area contributed by atoms with Gasteiger partial charge in [-0.3, -0.25) is 0 Å². The highest BCUT2D eigenvalue weighted by molar-refractivity contribution is 5.85. The van der Waals surface area contributed by atoms with Crippen molar-refractivity contribution in [3.05, 3.63) is 35.5 Å². The van der Waals surface area contributed by atoms with E-state index in [1.807, 2.05) is 6.07 Å². The number of hydrogen-bond acceptors (Lipinski definition) is 1. The van der Waals surface area contributed by atoms with Gasteiger partial charge < -0.3 is 10.7 Å². The van der Waals surface area contributed by atoms with Crippen LogP contribution in [0.15, 0.2) is 24.3 Å². The van der Waals surface area contributed by atoms with Crippen LogP contribution in [0, 0.1) is 0 Å². The minimum Gasteiger partial charge on any atom is -0.351 e. The van der Waals surface area contributed by atoms with Gasteiger partial charge in [0, 0.05) is 22.9 Å². The van der Waals surface area contributed by atoms with Gasteiger partial charge in [0.1, 0.15) is 5.69 Å². The summed E-state index contributed by atoms with van der Waals surface area (Å²) in [6, 6.07) is 6.59. The topological polar surface area (TPSA) is 41.8 Å². The fourth-order valence-corrected chi connectivity index (χ4v) is 2.96. The van der Waals surface area contributed by atoms with E-state index in [1.54, 1.807) is 12.1 Å². The smallest absolute Gasteiger partial charge is 0.351 e. The monoisotopic (exact) mass is 268 g/mol. The minimum absolute atomic E-state index is 0.134. The lowest BCUT2D eigenvalue weighted by Gasteiger charge is -2.42. The molecule has 1 heterocycles. The molecule has 0 amide bonds. The Morgan fingerprint density at radius 3 is 2.53 bits per heavy atom. The Kier molecular flexibility index (Phi) is 2.64. The third-order valence-electron chi connectivity index (χ3n) is 4.24. The average Bonchev–Trinajstić information content (AvgIpc) is 2.72. The van der Waals surface area contributed by atoms with Crippen molar-refractivity contribution in [1.29, 1.82) is 0 Å². The van der Waals surface area contributed by atoms with E-state index in [0.29, 0.717) is 17.4 Å². The molecule has 2 nitrogen and oxygen atoms in total. The largest absolute Gasteiger partial charge is 0.431 e. The highest BCUT2D eigenvalue weighted by atomic mass is 19.4. The molecule has 0 radical (unpaired) electrons. The lowest BCUT2D eigenvalue weighted by Crippen LogP contribution is -2.41. The van der Waals surface area contributed by atoms with Crippen molar-refractivity contribution in [1.82, 2.24) is 4.98 Å². The zero-order valence-corrected chi connectivity index (χ0v) is 10.3. The van der Waals surface area contributed by atoms with Crippen LogP contribution in [0.1, 0.15) is 30.5 Å². The lowest BCUT2D eigenvalue weighted by molar-refractivity contribution is -0.140. The van der Waals surface area contributed by atoms with Crippen LogP contribution in [0.2, 0.25) is 0 Å². The summed E-state index contributed by atoms with van der Waals surface area (Å²) in [5.41, 5.74) is 6.51. The number of H-pyrrole nitrogens is 1. The van der Waals surface area contributed by atoms with Gasteiger partial charge in [-0.15, -0.1) is 0 Å². The summed E-state index contributed by atoms with van der Waals surface area (Å²) in [6.07, 6.45) is -1.35. The first-order chi connectivity index (χ1) is 8.96. The molecule has 0 spiro atoms. The van der Waals surface area contributed by atoms with Crippen LogP contribution in [0.4, 0.5) is 13.2 Å². The van der Waals surface area contributed by atoms with Gasteiger partial charge in [-0.25, -0.2) is 0 Å². The van der Waals surface area contributed by atoms with Crippen LogP contribution in [-0.4, -0.2) is 11.5 Å². The number of fused-ring (bicyclic) bond motifs is 1. The molecule has 3 N–H and O–H groups in total. The van der Waals surface area contributed by atoms with Gasteiger partial charge in [0.05, 0.1) is 0 Å². The molecule has 1 aliphatic carbocycles. The number of aromatic nitrogens is 1. The first-order valence-corrected chi connectivity index (χ1v) is 6.36. The van der Waals surface area contributed by atoms with Crippen molar-refractivity contribution in [2.24, 2.45) is 5.73 Å². The summed E-state index contributed by atoms with van der Waals surface area (Å²) in [5, 5.41) is 0.653. The SMILES string of the molecule is NCC1(c2cccc3[nH]c(C(F)(F)F)cc23)CCC1. The summed E-state index contributed by atoms with van der Waals surface area (Å²) in [7, 11) is 0. The van der Waals surface area contributed by atoms with Gasteiger partial charge in [0.25, 0.3) is 0 Å². The molecule has 0 unspecified atom stereocenters. The Labute approximate surface area is 108 Å². The molecule has 19 heavy (non-hydrogen) atoms. The van der Waals surface area contributed by atoms with Gasteiger partial charge in [0.15, 0.2) is 0 Å². The van der Waals surface area contributed by atoms with Crippen molar-refractivity contribution in [3.63, 3.8) is 0 Å². The van der Waals surface area contributed by atoms with Crippen LogP contribution in [0.5, 0.6) is 0 Å². The van der Waals surface area contributed by atoms with Gasteiger partial charge in [-0.05, 0) is 30.5 Å².